The highest BCUT2D eigenvalue weighted by Crippen LogP contribution is 2.25. The Hall–Kier alpha value is -2.94. The van der Waals surface area contributed by atoms with Gasteiger partial charge in [-0.1, -0.05) is 6.07 Å². The first-order chi connectivity index (χ1) is 15.1. The van der Waals surface area contributed by atoms with E-state index in [4.69, 9.17) is 0 Å². The zero-order chi connectivity index (χ0) is 21.8. The molecule has 0 fully saturated rings. The summed E-state index contributed by atoms with van der Waals surface area (Å²) in [6.45, 7) is 0. The van der Waals surface area contributed by atoms with Crippen molar-refractivity contribution in [1.82, 2.24) is 30.0 Å². The zero-order valence-electron chi connectivity index (χ0n) is 17.7. The molecule has 31 heavy (non-hydrogen) atoms. The Kier molecular flexibility index (Phi) is 6.50. The molecule has 3 heterocycles. The van der Waals surface area contributed by atoms with Gasteiger partial charge in [0, 0.05) is 24.9 Å². The van der Waals surface area contributed by atoms with Gasteiger partial charge in [-0.2, -0.15) is 16.9 Å². The summed E-state index contributed by atoms with van der Waals surface area (Å²) in [5.41, 5.74) is 3.51. The molecule has 0 saturated carbocycles. The van der Waals surface area contributed by atoms with E-state index < -0.39 is 0 Å². The number of H-pyrrole nitrogens is 1. The van der Waals surface area contributed by atoms with E-state index >= 15 is 0 Å². The highest BCUT2D eigenvalue weighted by atomic mass is 32.2. The number of nitrogens with one attached hydrogen (secondary N) is 2. The maximum atomic E-state index is 13.3. The molecule has 2 N–H and O–H groups in total. The number of aromatic nitrogens is 5. The predicted molar refractivity (Wildman–Crippen MR) is 121 cm³/mol. The van der Waals surface area contributed by atoms with Gasteiger partial charge in [0.25, 0.3) is 11.5 Å². The van der Waals surface area contributed by atoms with E-state index in [1.165, 1.54) is 6.07 Å². The molecule has 9 heteroatoms. The van der Waals surface area contributed by atoms with Crippen molar-refractivity contribution in [2.75, 3.05) is 12.0 Å². The van der Waals surface area contributed by atoms with Crippen LogP contribution in [0.1, 0.15) is 52.7 Å². The number of carbonyl (C=O) groups excluding carboxylic acids is 1. The van der Waals surface area contributed by atoms with Gasteiger partial charge in [-0.15, -0.1) is 0 Å². The highest BCUT2D eigenvalue weighted by molar-refractivity contribution is 7.98. The lowest BCUT2D eigenvalue weighted by Crippen LogP contribution is -2.32. The van der Waals surface area contributed by atoms with E-state index in [9.17, 15) is 9.59 Å². The first kappa shape index (κ1) is 21.3. The minimum absolute atomic E-state index is 0.175. The lowest BCUT2D eigenvalue weighted by molar-refractivity contribution is 0.0924. The van der Waals surface area contributed by atoms with E-state index in [1.54, 1.807) is 28.7 Å². The van der Waals surface area contributed by atoms with Crippen molar-refractivity contribution in [3.8, 4) is 11.5 Å². The maximum absolute atomic E-state index is 13.3. The first-order valence-electron chi connectivity index (χ1n) is 10.4. The molecule has 1 aliphatic rings. The second-order valence-corrected chi connectivity index (χ2v) is 8.63. The van der Waals surface area contributed by atoms with Crippen LogP contribution in [0.25, 0.3) is 11.5 Å². The van der Waals surface area contributed by atoms with Gasteiger partial charge >= 0.3 is 0 Å². The third-order valence-electron chi connectivity index (χ3n) is 5.48. The van der Waals surface area contributed by atoms with Crippen molar-refractivity contribution in [2.24, 2.45) is 7.05 Å². The van der Waals surface area contributed by atoms with Crippen molar-refractivity contribution in [2.45, 2.75) is 38.1 Å². The van der Waals surface area contributed by atoms with Crippen LogP contribution in [0.15, 0.2) is 35.3 Å². The number of hydrogen-bond acceptors (Lipinski definition) is 6. The summed E-state index contributed by atoms with van der Waals surface area (Å²) in [5.74, 6) is 1.04. The zero-order valence-corrected chi connectivity index (χ0v) is 18.5. The van der Waals surface area contributed by atoms with Crippen LogP contribution in [0, 0.1) is 0 Å². The Bertz CT molecular complexity index is 1120. The van der Waals surface area contributed by atoms with Crippen molar-refractivity contribution < 1.29 is 4.79 Å². The fourth-order valence-corrected chi connectivity index (χ4v) is 4.47. The summed E-state index contributed by atoms with van der Waals surface area (Å²) in [6.07, 6.45) is 8.28. The van der Waals surface area contributed by atoms with Gasteiger partial charge in [0.2, 0.25) is 0 Å². The number of aromatic amines is 1. The van der Waals surface area contributed by atoms with Crippen LogP contribution < -0.4 is 10.9 Å². The third kappa shape index (κ3) is 4.71. The Labute approximate surface area is 184 Å². The molecule has 8 nitrogen and oxygen atoms in total. The number of nitrogens with zero attached hydrogens (tertiary/aromatic N) is 4. The van der Waals surface area contributed by atoms with E-state index in [0.717, 1.165) is 42.7 Å². The molecule has 0 unspecified atom stereocenters. The van der Waals surface area contributed by atoms with Crippen LogP contribution in [0.3, 0.4) is 0 Å². The summed E-state index contributed by atoms with van der Waals surface area (Å²) in [5, 5.41) is 7.67. The van der Waals surface area contributed by atoms with Gasteiger partial charge in [0.1, 0.15) is 11.4 Å². The number of carbonyl (C=O) groups is 1. The number of rotatable bonds is 7. The lowest BCUT2D eigenvalue weighted by atomic mass is 9.95. The maximum Gasteiger partial charge on any atom is 0.270 e. The Morgan fingerprint density at radius 2 is 2.16 bits per heavy atom. The first-order valence-corrected chi connectivity index (χ1v) is 11.8. The van der Waals surface area contributed by atoms with Gasteiger partial charge < -0.3 is 10.3 Å². The van der Waals surface area contributed by atoms with Crippen LogP contribution in [0.2, 0.25) is 0 Å². The molecule has 0 aromatic carbocycles. The van der Waals surface area contributed by atoms with Crippen LogP contribution in [-0.4, -0.2) is 42.6 Å². The van der Waals surface area contributed by atoms with Gasteiger partial charge in [-0.3, -0.25) is 19.3 Å². The molecule has 1 atom stereocenters. The molecule has 3 aromatic rings. The highest BCUT2D eigenvalue weighted by Gasteiger charge is 2.26. The van der Waals surface area contributed by atoms with Gasteiger partial charge in [-0.05, 0) is 56.2 Å². The van der Waals surface area contributed by atoms with Crippen LogP contribution >= 0.6 is 11.8 Å². The predicted octanol–water partition coefficient (Wildman–Crippen LogP) is 2.67. The van der Waals surface area contributed by atoms with E-state index in [1.807, 2.05) is 25.4 Å². The van der Waals surface area contributed by atoms with E-state index in [0.29, 0.717) is 29.3 Å². The van der Waals surface area contributed by atoms with Crippen molar-refractivity contribution in [1.29, 1.82) is 0 Å². The summed E-state index contributed by atoms with van der Waals surface area (Å²) in [4.78, 5) is 37.3. The monoisotopic (exact) mass is 438 g/mol. The van der Waals surface area contributed by atoms with Crippen molar-refractivity contribution >= 4 is 17.7 Å². The Morgan fingerprint density at radius 1 is 1.32 bits per heavy atom. The summed E-state index contributed by atoms with van der Waals surface area (Å²) >= 11 is 1.69. The van der Waals surface area contributed by atoms with E-state index in [-0.39, 0.29) is 17.5 Å². The van der Waals surface area contributed by atoms with Gasteiger partial charge in [0.15, 0.2) is 5.82 Å². The van der Waals surface area contributed by atoms with Crippen LogP contribution in [0.5, 0.6) is 0 Å². The number of aryl methyl sites for hydroxylation is 2. The summed E-state index contributed by atoms with van der Waals surface area (Å²) < 4.78 is 1.68. The smallest absolute Gasteiger partial charge is 0.270 e. The number of fused-ring (bicyclic) bond motifs is 1. The molecule has 0 bridgehead atoms. The molecule has 1 amide bonds. The molecule has 3 aromatic heterocycles. The molecular formula is C22H26N6O2S. The molecular weight excluding hydrogens is 412 g/mol. The normalized spacial score (nSPS) is 14.1. The largest absolute Gasteiger partial charge is 0.342 e. The van der Waals surface area contributed by atoms with Gasteiger partial charge in [0.05, 0.1) is 17.4 Å². The number of hydrogen-bond donors (Lipinski definition) is 2. The fourth-order valence-electron chi connectivity index (χ4n) is 4.00. The summed E-state index contributed by atoms with van der Waals surface area (Å²) in [7, 11) is 1.81. The molecule has 0 spiro atoms. The molecule has 162 valence electrons. The number of thioether (sulfide) groups is 1. The van der Waals surface area contributed by atoms with Crippen LogP contribution in [0.4, 0.5) is 0 Å². The fraction of sp³-hybridized carbons (Fsp3) is 0.409. The molecule has 0 saturated heterocycles. The Morgan fingerprint density at radius 3 is 2.94 bits per heavy atom. The number of amides is 1. The number of pyridine rings is 1. The molecule has 0 aliphatic heterocycles. The summed E-state index contributed by atoms with van der Waals surface area (Å²) in [6, 6.07) is 6.50. The average Bonchev–Trinajstić information content (AvgIpc) is 3.12. The molecule has 4 rings (SSSR count). The van der Waals surface area contributed by atoms with E-state index in [2.05, 4.69) is 25.4 Å². The topological polar surface area (TPSA) is 106 Å². The average molecular weight is 439 g/mol. The Balaban J connectivity index is 1.66. The molecule has 1 aliphatic carbocycles. The minimum atomic E-state index is -0.390. The second kappa shape index (κ2) is 9.47. The van der Waals surface area contributed by atoms with Crippen molar-refractivity contribution in [3.05, 3.63) is 63.5 Å². The SMILES string of the molecule is CSCC[C@H](NC(=O)c1c2c(nn1C)CCCC2)c1cc(=O)[nH]c(-c2ccccn2)n1. The quantitative estimate of drug-likeness (QED) is 0.588. The van der Waals surface area contributed by atoms with Gasteiger partial charge in [-0.25, -0.2) is 4.98 Å². The third-order valence-corrected chi connectivity index (χ3v) is 6.12. The minimum Gasteiger partial charge on any atom is -0.342 e. The lowest BCUT2D eigenvalue weighted by Gasteiger charge is -2.19. The van der Waals surface area contributed by atoms with Crippen molar-refractivity contribution in [3.63, 3.8) is 0 Å². The van der Waals surface area contributed by atoms with Crippen LogP contribution in [-0.2, 0) is 19.9 Å². The standard InChI is InChI=1S/C22H26N6O2S/c1-28-20(14-7-3-4-8-15(14)27-28)22(30)25-16(10-12-31-2)18-13-19(29)26-21(24-18)17-9-5-6-11-23-17/h5-6,9,11,13,16H,3-4,7-8,10,12H2,1-2H3,(H,25,30)(H,24,26,29)/t16-/m0/s1. The molecule has 0 radical (unpaired) electrons. The second-order valence-electron chi connectivity index (χ2n) is 7.65.